The van der Waals surface area contributed by atoms with Gasteiger partial charge in [0, 0.05) is 6.92 Å². The zero-order chi connectivity index (χ0) is 8.15. The Morgan fingerprint density at radius 2 is 1.80 bits per heavy atom. The Labute approximate surface area is 56.6 Å². The molecule has 0 aliphatic rings. The van der Waals surface area contributed by atoms with E-state index in [1.807, 2.05) is 0 Å². The second-order valence-corrected chi connectivity index (χ2v) is 1.50. The van der Waals surface area contributed by atoms with E-state index in [-0.39, 0.29) is 0 Å². The summed E-state index contributed by atoms with van der Waals surface area (Å²) in [5.74, 6) is -3.53. The maximum absolute atomic E-state index is 10.2. The van der Waals surface area contributed by atoms with E-state index in [4.69, 9.17) is 0 Å². The Kier molecular flexibility index (Phi) is 3.10. The first-order valence-electron chi connectivity index (χ1n) is 2.41. The highest BCUT2D eigenvalue weighted by atomic mass is 16.6. The first kappa shape index (κ1) is 8.61. The van der Waals surface area contributed by atoms with Crippen molar-refractivity contribution < 1.29 is 24.2 Å². The van der Waals surface area contributed by atoms with Gasteiger partial charge in [0.15, 0.2) is 6.61 Å². The zero-order valence-electron chi connectivity index (χ0n) is 5.25. The smallest absolute Gasteiger partial charge is 0.392 e. The molecule has 0 saturated carbocycles. The van der Waals surface area contributed by atoms with Crippen LogP contribution in [0.3, 0.4) is 0 Å². The van der Waals surface area contributed by atoms with Crippen molar-refractivity contribution >= 4 is 17.7 Å². The number of carbonyl (C=O) groups excluding carboxylic acids is 3. The summed E-state index contributed by atoms with van der Waals surface area (Å²) in [6.45, 7) is 0.107. The van der Waals surface area contributed by atoms with E-state index in [0.717, 1.165) is 6.92 Å². The fourth-order valence-electron chi connectivity index (χ4n) is 0.226. The molecule has 5 heteroatoms. The lowest BCUT2D eigenvalue weighted by atomic mass is 10.5. The summed E-state index contributed by atoms with van der Waals surface area (Å²) in [7, 11) is 0. The Morgan fingerprint density at radius 1 is 1.30 bits per heavy atom. The molecule has 0 aromatic heterocycles. The molecular weight excluding hydrogens is 140 g/mol. The Bertz CT molecular complexity index is 171. The van der Waals surface area contributed by atoms with Crippen molar-refractivity contribution in [2.75, 3.05) is 6.61 Å². The van der Waals surface area contributed by atoms with Crippen LogP contribution < -0.4 is 0 Å². The summed E-state index contributed by atoms with van der Waals surface area (Å²) in [6, 6.07) is 0. The highest BCUT2D eigenvalue weighted by molar-refractivity contribution is 6.32. The highest BCUT2D eigenvalue weighted by Crippen LogP contribution is 1.79. The van der Waals surface area contributed by atoms with Crippen LogP contribution in [0, 0.1) is 0 Å². The molecule has 0 heterocycles. The largest absolute Gasteiger partial charge is 0.448 e. The zero-order valence-corrected chi connectivity index (χ0v) is 5.25. The minimum Gasteiger partial charge on any atom is -0.448 e. The number of ether oxygens (including phenoxy) is 1. The van der Waals surface area contributed by atoms with E-state index in [2.05, 4.69) is 4.74 Å². The van der Waals surface area contributed by atoms with Crippen LogP contribution in [0.25, 0.3) is 0 Å². The SMILES string of the molecule is CC(=O)C(=O)OCC([O])=O. The Hall–Kier alpha value is -1.39. The van der Waals surface area contributed by atoms with Gasteiger partial charge in [-0.05, 0) is 0 Å². The molecule has 0 unspecified atom stereocenters. The van der Waals surface area contributed by atoms with Crippen molar-refractivity contribution in [3.8, 4) is 0 Å². The molecule has 0 spiro atoms. The fraction of sp³-hybridized carbons (Fsp3) is 0.400. The van der Waals surface area contributed by atoms with E-state index in [1.165, 1.54) is 0 Å². The quantitative estimate of drug-likeness (QED) is 0.379. The lowest BCUT2D eigenvalue weighted by Gasteiger charge is -1.93. The average Bonchev–Trinajstić information content (AvgIpc) is 1.82. The number of ketones is 1. The summed E-state index contributed by atoms with van der Waals surface area (Å²) >= 11 is 0. The molecule has 0 amide bonds. The second kappa shape index (κ2) is 3.60. The molecule has 0 N–H and O–H groups in total. The third-order valence-electron chi connectivity index (χ3n) is 0.609. The lowest BCUT2D eigenvalue weighted by Crippen LogP contribution is -2.17. The van der Waals surface area contributed by atoms with E-state index >= 15 is 0 Å². The van der Waals surface area contributed by atoms with Crippen molar-refractivity contribution in [1.29, 1.82) is 0 Å². The highest BCUT2D eigenvalue weighted by Gasteiger charge is 2.10. The van der Waals surface area contributed by atoms with Gasteiger partial charge in [0.1, 0.15) is 0 Å². The summed E-state index contributed by atoms with van der Waals surface area (Å²) < 4.78 is 3.91. The van der Waals surface area contributed by atoms with Gasteiger partial charge in [-0.3, -0.25) is 4.79 Å². The minimum absolute atomic E-state index is 0.832. The summed E-state index contributed by atoms with van der Waals surface area (Å²) in [4.78, 5) is 29.9. The predicted molar refractivity (Wildman–Crippen MR) is 27.3 cm³/mol. The molecule has 0 aromatic rings. The van der Waals surface area contributed by atoms with Crippen molar-refractivity contribution in [3.05, 3.63) is 0 Å². The Morgan fingerprint density at radius 3 is 2.10 bits per heavy atom. The van der Waals surface area contributed by atoms with Gasteiger partial charge in [-0.15, -0.1) is 0 Å². The standard InChI is InChI=1S/C5H5O5/c1-3(6)5(9)10-2-4(7)8/h2H2,1H3. The molecule has 1 radical (unpaired) electrons. The monoisotopic (exact) mass is 145 g/mol. The molecule has 0 aromatic carbocycles. The first-order chi connectivity index (χ1) is 4.54. The molecule has 0 aliphatic carbocycles. The van der Waals surface area contributed by atoms with Gasteiger partial charge >= 0.3 is 11.9 Å². The van der Waals surface area contributed by atoms with Crippen LogP contribution >= 0.6 is 0 Å². The van der Waals surface area contributed by atoms with Gasteiger partial charge in [0.25, 0.3) is 0 Å². The summed E-state index contributed by atoms with van der Waals surface area (Å²) in [5, 5.41) is 9.63. The normalized spacial score (nSPS) is 8.50. The third kappa shape index (κ3) is 3.59. The molecule has 0 saturated heterocycles. The first-order valence-corrected chi connectivity index (χ1v) is 2.41. The number of carbonyl (C=O) groups is 3. The molecule has 5 nitrogen and oxygen atoms in total. The van der Waals surface area contributed by atoms with Crippen LogP contribution in [0.5, 0.6) is 0 Å². The van der Waals surface area contributed by atoms with Crippen molar-refractivity contribution in [2.45, 2.75) is 6.92 Å². The molecule has 0 aliphatic heterocycles. The van der Waals surface area contributed by atoms with E-state index < -0.39 is 24.3 Å². The van der Waals surface area contributed by atoms with Gasteiger partial charge in [-0.2, -0.15) is 0 Å². The summed E-state index contributed by atoms with van der Waals surface area (Å²) in [5.41, 5.74) is 0. The molecule has 10 heavy (non-hydrogen) atoms. The van der Waals surface area contributed by atoms with Crippen molar-refractivity contribution in [1.82, 2.24) is 0 Å². The van der Waals surface area contributed by atoms with Crippen LogP contribution in [0.1, 0.15) is 6.92 Å². The number of Topliss-reactive ketones (excluding diaryl/α,β-unsaturated/α-hetero) is 1. The number of esters is 1. The maximum Gasteiger partial charge on any atom is 0.392 e. The lowest BCUT2D eigenvalue weighted by molar-refractivity contribution is -0.161. The summed E-state index contributed by atoms with van der Waals surface area (Å²) in [6.07, 6.45) is 0. The molecule has 0 bridgehead atoms. The third-order valence-corrected chi connectivity index (χ3v) is 0.609. The fourth-order valence-corrected chi connectivity index (χ4v) is 0.226. The average molecular weight is 145 g/mol. The van der Waals surface area contributed by atoms with E-state index in [0.29, 0.717) is 0 Å². The van der Waals surface area contributed by atoms with E-state index in [1.54, 1.807) is 0 Å². The molecular formula is C5H5O5. The Balaban J connectivity index is 3.60. The number of hydrogen-bond acceptors (Lipinski definition) is 4. The van der Waals surface area contributed by atoms with Crippen LogP contribution in [0.15, 0.2) is 0 Å². The van der Waals surface area contributed by atoms with Crippen LogP contribution in [-0.4, -0.2) is 24.3 Å². The number of rotatable bonds is 3. The van der Waals surface area contributed by atoms with Gasteiger partial charge in [-0.25, -0.2) is 14.7 Å². The van der Waals surface area contributed by atoms with Gasteiger partial charge in [0.05, 0.1) is 0 Å². The van der Waals surface area contributed by atoms with Crippen molar-refractivity contribution in [3.63, 3.8) is 0 Å². The van der Waals surface area contributed by atoms with Crippen molar-refractivity contribution in [2.24, 2.45) is 0 Å². The van der Waals surface area contributed by atoms with Crippen LogP contribution in [0.4, 0.5) is 0 Å². The topological polar surface area (TPSA) is 80.3 Å². The van der Waals surface area contributed by atoms with Gasteiger partial charge in [-0.1, -0.05) is 0 Å². The van der Waals surface area contributed by atoms with Gasteiger partial charge in [0.2, 0.25) is 5.78 Å². The van der Waals surface area contributed by atoms with Gasteiger partial charge < -0.3 is 4.74 Å². The molecule has 0 rings (SSSR count). The molecule has 0 fully saturated rings. The van der Waals surface area contributed by atoms with E-state index in [9.17, 15) is 19.5 Å². The maximum atomic E-state index is 10.2. The molecule has 0 atom stereocenters. The molecule has 55 valence electrons. The van der Waals surface area contributed by atoms with Crippen LogP contribution in [0.2, 0.25) is 0 Å². The number of hydrogen-bond donors (Lipinski definition) is 0. The predicted octanol–water partition coefficient (Wildman–Crippen LogP) is -0.924. The second-order valence-electron chi connectivity index (χ2n) is 1.50. The minimum atomic E-state index is -1.53. The van der Waals surface area contributed by atoms with Crippen LogP contribution in [-0.2, 0) is 24.2 Å².